The zero-order chi connectivity index (χ0) is 12.5. The van der Waals surface area contributed by atoms with Crippen molar-refractivity contribution in [1.29, 1.82) is 0 Å². The summed E-state index contributed by atoms with van der Waals surface area (Å²) in [6.45, 7) is 0. The highest BCUT2D eigenvalue weighted by atomic mass is 16.3. The molecule has 0 unspecified atom stereocenters. The van der Waals surface area contributed by atoms with Crippen LogP contribution in [0.3, 0.4) is 0 Å². The van der Waals surface area contributed by atoms with Crippen LogP contribution in [0.25, 0.3) is 22.3 Å². The highest BCUT2D eigenvalue weighted by Gasteiger charge is 2.06. The normalized spacial score (nSPS) is 10.7. The Bertz CT molecular complexity index is 708. The number of rotatable bonds is 1. The smallest absolute Gasteiger partial charge is 0.162 e. The summed E-state index contributed by atoms with van der Waals surface area (Å²) in [5.41, 5.74) is 7.56. The monoisotopic (exact) mass is 237 g/mol. The van der Waals surface area contributed by atoms with Gasteiger partial charge in [-0.2, -0.15) is 0 Å². The van der Waals surface area contributed by atoms with Gasteiger partial charge in [0.2, 0.25) is 0 Å². The number of anilines is 1. The first kappa shape index (κ1) is 10.5. The van der Waals surface area contributed by atoms with Crippen LogP contribution in [0, 0.1) is 0 Å². The molecule has 0 atom stereocenters. The van der Waals surface area contributed by atoms with Crippen molar-refractivity contribution in [3.05, 3.63) is 48.5 Å². The number of phenolic OH excluding ortho intramolecular Hbond substituents is 1. The number of aromatic nitrogens is 2. The summed E-state index contributed by atoms with van der Waals surface area (Å²) in [6.07, 6.45) is 0. The summed E-state index contributed by atoms with van der Waals surface area (Å²) in [6, 6.07) is 14.3. The molecule has 3 rings (SSSR count). The van der Waals surface area contributed by atoms with Crippen molar-refractivity contribution in [2.45, 2.75) is 0 Å². The second kappa shape index (κ2) is 4.00. The van der Waals surface area contributed by atoms with Crippen LogP contribution >= 0.6 is 0 Å². The minimum Gasteiger partial charge on any atom is -0.508 e. The number of phenols is 1. The number of fused-ring (bicyclic) bond motifs is 1. The van der Waals surface area contributed by atoms with Gasteiger partial charge in [0.05, 0.1) is 5.52 Å². The van der Waals surface area contributed by atoms with Gasteiger partial charge >= 0.3 is 0 Å². The van der Waals surface area contributed by atoms with E-state index in [0.717, 1.165) is 16.5 Å². The van der Waals surface area contributed by atoms with Gasteiger partial charge in [-0.1, -0.05) is 12.1 Å². The fourth-order valence-electron chi connectivity index (χ4n) is 1.84. The molecule has 0 spiro atoms. The lowest BCUT2D eigenvalue weighted by Crippen LogP contribution is -1.97. The number of nitrogen functional groups attached to an aromatic ring is 1. The molecule has 88 valence electrons. The Hall–Kier alpha value is -2.62. The molecule has 4 heteroatoms. The SMILES string of the molecule is Nc1nc(-c2ccc(O)cc2)nc2ccccc12. The predicted molar refractivity (Wildman–Crippen MR) is 71.1 cm³/mol. The molecule has 0 saturated heterocycles. The molecule has 3 N–H and O–H groups in total. The van der Waals surface area contributed by atoms with E-state index in [2.05, 4.69) is 9.97 Å². The van der Waals surface area contributed by atoms with Crippen molar-refractivity contribution < 1.29 is 5.11 Å². The first-order valence-corrected chi connectivity index (χ1v) is 5.56. The molecule has 0 saturated carbocycles. The van der Waals surface area contributed by atoms with Gasteiger partial charge in [0.15, 0.2) is 5.82 Å². The first-order valence-electron chi connectivity index (χ1n) is 5.56. The third-order valence-electron chi connectivity index (χ3n) is 2.76. The molecule has 3 aromatic rings. The Morgan fingerprint density at radius 1 is 0.889 bits per heavy atom. The summed E-state index contributed by atoms with van der Waals surface area (Å²) in [5, 5.41) is 10.1. The Morgan fingerprint density at radius 3 is 2.39 bits per heavy atom. The molecule has 2 aromatic carbocycles. The Labute approximate surface area is 104 Å². The second-order valence-corrected chi connectivity index (χ2v) is 4.00. The zero-order valence-electron chi connectivity index (χ0n) is 9.54. The molecule has 0 bridgehead atoms. The maximum absolute atomic E-state index is 9.26. The second-order valence-electron chi connectivity index (χ2n) is 4.00. The van der Waals surface area contributed by atoms with E-state index in [0.29, 0.717) is 11.6 Å². The predicted octanol–water partition coefficient (Wildman–Crippen LogP) is 2.58. The molecule has 0 amide bonds. The van der Waals surface area contributed by atoms with Crippen LogP contribution < -0.4 is 5.73 Å². The molecule has 0 aliphatic heterocycles. The summed E-state index contributed by atoms with van der Waals surface area (Å²) in [7, 11) is 0. The minimum absolute atomic E-state index is 0.215. The van der Waals surface area contributed by atoms with Crippen molar-refractivity contribution in [2.24, 2.45) is 0 Å². The average Bonchev–Trinajstić information content (AvgIpc) is 2.39. The number of para-hydroxylation sites is 1. The number of hydrogen-bond donors (Lipinski definition) is 2. The fourth-order valence-corrected chi connectivity index (χ4v) is 1.84. The van der Waals surface area contributed by atoms with Crippen molar-refractivity contribution in [3.8, 4) is 17.1 Å². The summed E-state index contributed by atoms with van der Waals surface area (Å²) in [5.74, 6) is 1.24. The summed E-state index contributed by atoms with van der Waals surface area (Å²) in [4.78, 5) is 8.75. The number of nitrogens with two attached hydrogens (primary N) is 1. The van der Waals surface area contributed by atoms with E-state index in [1.807, 2.05) is 24.3 Å². The van der Waals surface area contributed by atoms with Gasteiger partial charge in [-0.25, -0.2) is 9.97 Å². The van der Waals surface area contributed by atoms with Gasteiger partial charge in [0, 0.05) is 10.9 Å². The number of hydrogen-bond acceptors (Lipinski definition) is 4. The van der Waals surface area contributed by atoms with Crippen molar-refractivity contribution >= 4 is 16.7 Å². The molecule has 0 aliphatic carbocycles. The van der Waals surface area contributed by atoms with Gasteiger partial charge in [-0.15, -0.1) is 0 Å². The molecule has 0 radical (unpaired) electrons. The van der Waals surface area contributed by atoms with Crippen LogP contribution in [0.2, 0.25) is 0 Å². The van der Waals surface area contributed by atoms with E-state index in [1.54, 1.807) is 24.3 Å². The largest absolute Gasteiger partial charge is 0.508 e. The van der Waals surface area contributed by atoms with Crippen molar-refractivity contribution in [1.82, 2.24) is 9.97 Å². The number of nitrogens with zero attached hydrogens (tertiary/aromatic N) is 2. The van der Waals surface area contributed by atoms with Gasteiger partial charge in [-0.05, 0) is 36.4 Å². The molecule has 1 heterocycles. The van der Waals surface area contributed by atoms with Crippen LogP contribution in [0.4, 0.5) is 5.82 Å². The number of benzene rings is 2. The standard InChI is InChI=1S/C14H11N3O/c15-13-11-3-1-2-4-12(11)16-14(17-13)9-5-7-10(18)8-6-9/h1-8,18H,(H2,15,16,17). The van der Waals surface area contributed by atoms with Gasteiger partial charge in [-0.3, -0.25) is 0 Å². The molecule has 4 nitrogen and oxygen atoms in total. The van der Waals surface area contributed by atoms with Crippen LogP contribution in [0.5, 0.6) is 5.75 Å². The quantitative estimate of drug-likeness (QED) is 0.682. The highest BCUT2D eigenvalue weighted by Crippen LogP contribution is 2.23. The van der Waals surface area contributed by atoms with Gasteiger partial charge in [0.1, 0.15) is 11.6 Å². The van der Waals surface area contributed by atoms with Crippen LogP contribution in [-0.2, 0) is 0 Å². The van der Waals surface area contributed by atoms with Crippen LogP contribution in [0.1, 0.15) is 0 Å². The van der Waals surface area contributed by atoms with E-state index < -0.39 is 0 Å². The molecular weight excluding hydrogens is 226 g/mol. The van der Waals surface area contributed by atoms with Crippen LogP contribution in [-0.4, -0.2) is 15.1 Å². The maximum Gasteiger partial charge on any atom is 0.162 e. The molecule has 0 fully saturated rings. The summed E-state index contributed by atoms with van der Waals surface area (Å²) >= 11 is 0. The fraction of sp³-hybridized carbons (Fsp3) is 0. The Balaban J connectivity index is 2.21. The zero-order valence-corrected chi connectivity index (χ0v) is 9.54. The Kier molecular flexibility index (Phi) is 2.34. The maximum atomic E-state index is 9.26. The van der Waals surface area contributed by atoms with Gasteiger partial charge < -0.3 is 10.8 Å². The third kappa shape index (κ3) is 1.73. The van der Waals surface area contributed by atoms with Gasteiger partial charge in [0.25, 0.3) is 0 Å². The topological polar surface area (TPSA) is 72.0 Å². The van der Waals surface area contributed by atoms with E-state index >= 15 is 0 Å². The van der Waals surface area contributed by atoms with E-state index in [4.69, 9.17) is 5.73 Å². The Morgan fingerprint density at radius 2 is 1.61 bits per heavy atom. The molecular formula is C14H11N3O. The lowest BCUT2D eigenvalue weighted by atomic mass is 10.2. The molecule has 0 aliphatic rings. The molecule has 1 aromatic heterocycles. The number of aromatic hydroxyl groups is 1. The highest BCUT2D eigenvalue weighted by molar-refractivity contribution is 5.89. The van der Waals surface area contributed by atoms with E-state index in [9.17, 15) is 5.11 Å². The van der Waals surface area contributed by atoms with E-state index in [1.165, 1.54) is 0 Å². The van der Waals surface area contributed by atoms with E-state index in [-0.39, 0.29) is 5.75 Å². The lowest BCUT2D eigenvalue weighted by molar-refractivity contribution is 0.475. The van der Waals surface area contributed by atoms with Crippen molar-refractivity contribution in [2.75, 3.05) is 5.73 Å². The molecule has 18 heavy (non-hydrogen) atoms. The average molecular weight is 237 g/mol. The minimum atomic E-state index is 0.215. The summed E-state index contributed by atoms with van der Waals surface area (Å²) < 4.78 is 0. The van der Waals surface area contributed by atoms with Crippen molar-refractivity contribution in [3.63, 3.8) is 0 Å². The first-order chi connectivity index (χ1) is 8.74. The third-order valence-corrected chi connectivity index (χ3v) is 2.76. The lowest BCUT2D eigenvalue weighted by Gasteiger charge is -2.05. The van der Waals surface area contributed by atoms with Crippen LogP contribution in [0.15, 0.2) is 48.5 Å².